The van der Waals surface area contributed by atoms with E-state index in [2.05, 4.69) is 73.9 Å². The number of fused-ring (bicyclic) bond motifs is 3. The van der Waals surface area contributed by atoms with Crippen molar-refractivity contribution in [3.8, 4) is 22.8 Å². The molecule has 0 unspecified atom stereocenters. The van der Waals surface area contributed by atoms with Gasteiger partial charge in [0.05, 0.1) is 16.5 Å². The third-order valence-electron chi connectivity index (χ3n) is 5.49. The lowest BCUT2D eigenvalue weighted by Crippen LogP contribution is -2.31. The quantitative estimate of drug-likeness (QED) is 0.391. The Kier molecular flexibility index (Phi) is 3.48. The average molecular weight is 355 g/mol. The summed E-state index contributed by atoms with van der Waals surface area (Å²) in [6.45, 7) is 6.68. The SMILES string of the molecule is Cc1c2c(cc3ncccc13)Oc1cc(CC(C)C)cc3cc[n+](C)c-2c13. The van der Waals surface area contributed by atoms with Crippen LogP contribution in [0.25, 0.3) is 32.9 Å². The van der Waals surface area contributed by atoms with Crippen molar-refractivity contribution in [1.29, 1.82) is 0 Å². The van der Waals surface area contributed by atoms with Crippen LogP contribution >= 0.6 is 0 Å². The Morgan fingerprint density at radius 2 is 1.96 bits per heavy atom. The van der Waals surface area contributed by atoms with Gasteiger partial charge in [-0.05, 0) is 47.9 Å². The van der Waals surface area contributed by atoms with E-state index >= 15 is 0 Å². The maximum Gasteiger partial charge on any atom is 0.228 e. The standard InChI is InChI=1S/C24H23N2O/c1-14(2)10-16-11-17-7-9-26(4)24-22-15(3)18-6-5-8-25-19(18)13-21(22)27-20(12-16)23(17)24/h5-9,11-14H,10H2,1-4H3/q+1. The van der Waals surface area contributed by atoms with Crippen LogP contribution < -0.4 is 9.30 Å². The second kappa shape index (κ2) is 5.78. The number of hydrogen-bond donors (Lipinski definition) is 0. The number of benzene rings is 2. The summed E-state index contributed by atoms with van der Waals surface area (Å²) in [7, 11) is 2.11. The van der Waals surface area contributed by atoms with Gasteiger partial charge in [-0.25, -0.2) is 4.57 Å². The minimum Gasteiger partial charge on any atom is -0.455 e. The summed E-state index contributed by atoms with van der Waals surface area (Å²) in [5.41, 5.74) is 5.92. The van der Waals surface area contributed by atoms with Gasteiger partial charge in [-0.15, -0.1) is 0 Å². The fraction of sp³-hybridized carbons (Fsp3) is 0.250. The Morgan fingerprint density at radius 3 is 2.78 bits per heavy atom. The second-order valence-corrected chi connectivity index (χ2v) is 7.98. The van der Waals surface area contributed by atoms with Gasteiger partial charge < -0.3 is 4.74 Å². The maximum atomic E-state index is 6.46. The predicted molar refractivity (Wildman–Crippen MR) is 109 cm³/mol. The molecule has 27 heavy (non-hydrogen) atoms. The first-order valence-corrected chi connectivity index (χ1v) is 9.54. The normalized spacial score (nSPS) is 12.5. The zero-order valence-electron chi connectivity index (χ0n) is 16.2. The Balaban J connectivity index is 1.88. The topological polar surface area (TPSA) is 26.0 Å². The van der Waals surface area contributed by atoms with Crippen molar-refractivity contribution >= 4 is 21.7 Å². The summed E-state index contributed by atoms with van der Waals surface area (Å²) in [4.78, 5) is 4.55. The molecular weight excluding hydrogens is 332 g/mol. The summed E-state index contributed by atoms with van der Waals surface area (Å²) in [6, 6.07) is 12.9. The fourth-order valence-corrected chi connectivity index (χ4v) is 4.35. The van der Waals surface area contributed by atoms with Crippen molar-refractivity contribution in [2.45, 2.75) is 27.2 Å². The molecule has 0 spiro atoms. The van der Waals surface area contributed by atoms with Crippen molar-refractivity contribution in [3.05, 3.63) is 59.9 Å². The number of ether oxygens (including phenoxy) is 1. The van der Waals surface area contributed by atoms with Crippen LogP contribution in [-0.2, 0) is 13.5 Å². The molecule has 0 saturated carbocycles. The molecule has 1 aliphatic rings. The van der Waals surface area contributed by atoms with Crippen LogP contribution in [0.1, 0.15) is 25.0 Å². The summed E-state index contributed by atoms with van der Waals surface area (Å²) in [5.74, 6) is 2.47. The molecule has 0 fully saturated rings. The molecule has 4 aromatic rings. The molecule has 1 aliphatic heterocycles. The molecular formula is C24H23N2O+. The smallest absolute Gasteiger partial charge is 0.228 e. The molecule has 2 aromatic heterocycles. The van der Waals surface area contributed by atoms with Crippen LogP contribution in [0, 0.1) is 12.8 Å². The van der Waals surface area contributed by atoms with Gasteiger partial charge in [-0.2, -0.15) is 0 Å². The molecule has 2 aromatic carbocycles. The van der Waals surface area contributed by atoms with Crippen molar-refractivity contribution < 1.29 is 9.30 Å². The zero-order valence-corrected chi connectivity index (χ0v) is 16.2. The van der Waals surface area contributed by atoms with Crippen LogP contribution in [0.5, 0.6) is 11.5 Å². The van der Waals surface area contributed by atoms with Crippen LogP contribution in [0.4, 0.5) is 0 Å². The van der Waals surface area contributed by atoms with E-state index in [-0.39, 0.29) is 0 Å². The molecule has 0 aliphatic carbocycles. The highest BCUT2D eigenvalue weighted by atomic mass is 16.5. The van der Waals surface area contributed by atoms with Gasteiger partial charge >= 0.3 is 0 Å². The van der Waals surface area contributed by atoms with E-state index in [1.165, 1.54) is 38.5 Å². The third-order valence-corrected chi connectivity index (χ3v) is 5.49. The van der Waals surface area contributed by atoms with Gasteiger partial charge in [0.25, 0.3) is 0 Å². The molecule has 0 radical (unpaired) electrons. The number of nitrogens with zero attached hydrogens (tertiary/aromatic N) is 2. The lowest BCUT2D eigenvalue weighted by molar-refractivity contribution is -0.659. The van der Waals surface area contributed by atoms with Gasteiger partial charge in [0, 0.05) is 23.7 Å². The molecule has 0 N–H and O–H groups in total. The van der Waals surface area contributed by atoms with E-state index in [0.717, 1.165) is 23.4 Å². The minimum atomic E-state index is 0.611. The second-order valence-electron chi connectivity index (χ2n) is 7.98. The predicted octanol–water partition coefficient (Wildman–Crippen LogP) is 5.49. The van der Waals surface area contributed by atoms with Gasteiger partial charge in [-0.1, -0.05) is 26.0 Å². The summed E-state index contributed by atoms with van der Waals surface area (Å²) >= 11 is 0. The molecule has 134 valence electrons. The molecule has 0 saturated heterocycles. The molecule has 5 rings (SSSR count). The summed E-state index contributed by atoms with van der Waals surface area (Å²) in [5, 5.41) is 3.62. The van der Waals surface area contributed by atoms with Gasteiger partial charge in [0.15, 0.2) is 6.20 Å². The lowest BCUT2D eigenvalue weighted by Gasteiger charge is -2.22. The average Bonchev–Trinajstić information content (AvgIpc) is 2.63. The van der Waals surface area contributed by atoms with E-state index in [1.54, 1.807) is 0 Å². The van der Waals surface area contributed by atoms with E-state index in [1.807, 2.05) is 12.3 Å². The van der Waals surface area contributed by atoms with Gasteiger partial charge in [0.1, 0.15) is 18.5 Å². The zero-order chi connectivity index (χ0) is 18.7. The first-order valence-electron chi connectivity index (χ1n) is 9.54. The Morgan fingerprint density at radius 1 is 1.11 bits per heavy atom. The Bertz CT molecular complexity index is 1220. The van der Waals surface area contributed by atoms with Crippen molar-refractivity contribution in [3.63, 3.8) is 0 Å². The highest BCUT2D eigenvalue weighted by molar-refractivity contribution is 6.04. The number of aromatic nitrogens is 2. The van der Waals surface area contributed by atoms with Crippen molar-refractivity contribution in [1.82, 2.24) is 4.98 Å². The van der Waals surface area contributed by atoms with Crippen LogP contribution in [0.3, 0.4) is 0 Å². The maximum absolute atomic E-state index is 6.46. The van der Waals surface area contributed by atoms with E-state index in [4.69, 9.17) is 4.74 Å². The van der Waals surface area contributed by atoms with Crippen molar-refractivity contribution in [2.75, 3.05) is 0 Å². The van der Waals surface area contributed by atoms with Crippen molar-refractivity contribution in [2.24, 2.45) is 13.0 Å². The van der Waals surface area contributed by atoms with E-state index in [0.29, 0.717) is 5.92 Å². The van der Waals surface area contributed by atoms with Gasteiger partial charge in [0.2, 0.25) is 5.69 Å². The Labute approximate surface area is 159 Å². The molecule has 3 heteroatoms. The monoisotopic (exact) mass is 355 g/mol. The molecule has 3 nitrogen and oxygen atoms in total. The third kappa shape index (κ3) is 2.42. The molecule has 0 amide bonds. The first kappa shape index (κ1) is 16.2. The highest BCUT2D eigenvalue weighted by Crippen LogP contribution is 2.48. The fourth-order valence-electron chi connectivity index (χ4n) is 4.35. The number of rotatable bonds is 2. The van der Waals surface area contributed by atoms with Crippen LogP contribution in [0.2, 0.25) is 0 Å². The van der Waals surface area contributed by atoms with Crippen LogP contribution in [-0.4, -0.2) is 4.98 Å². The van der Waals surface area contributed by atoms with E-state index in [9.17, 15) is 0 Å². The first-order chi connectivity index (χ1) is 13.0. The molecule has 0 atom stereocenters. The van der Waals surface area contributed by atoms with E-state index < -0.39 is 0 Å². The molecule has 3 heterocycles. The minimum absolute atomic E-state index is 0.611. The summed E-state index contributed by atoms with van der Waals surface area (Å²) < 4.78 is 8.68. The number of pyridine rings is 2. The highest BCUT2D eigenvalue weighted by Gasteiger charge is 2.30. The number of hydrogen-bond acceptors (Lipinski definition) is 2. The number of aryl methyl sites for hydroxylation is 2. The van der Waals surface area contributed by atoms with Gasteiger partial charge in [-0.3, -0.25) is 4.98 Å². The summed E-state index contributed by atoms with van der Waals surface area (Å²) in [6.07, 6.45) is 5.04. The van der Waals surface area contributed by atoms with Crippen LogP contribution in [0.15, 0.2) is 48.8 Å². The Hall–Kier alpha value is -2.94. The largest absolute Gasteiger partial charge is 0.455 e. The lowest BCUT2D eigenvalue weighted by atomic mass is 9.91. The molecule has 0 bridgehead atoms.